The van der Waals surface area contributed by atoms with Crippen LogP contribution in [0, 0.1) is 20.8 Å². The summed E-state index contributed by atoms with van der Waals surface area (Å²) in [6.45, 7) is 6.30. The maximum Gasteiger partial charge on any atom is 0.111 e. The number of hydrogen-bond acceptors (Lipinski definition) is 2. The van der Waals surface area contributed by atoms with Crippen LogP contribution < -0.4 is 5.73 Å². The predicted octanol–water partition coefficient (Wildman–Crippen LogP) is 3.53. The van der Waals surface area contributed by atoms with Crippen LogP contribution in [0.1, 0.15) is 17.0 Å². The molecule has 0 unspecified atom stereocenters. The highest BCUT2D eigenvalue weighted by Crippen LogP contribution is 2.26. The maximum absolute atomic E-state index is 5.83. The lowest BCUT2D eigenvalue weighted by Crippen LogP contribution is -2.00. The molecule has 0 amide bonds. The number of nitrogens with zero attached hydrogens (tertiary/aromatic N) is 2. The number of hydrogen-bond donors (Lipinski definition) is 1. The average Bonchev–Trinajstić information content (AvgIpc) is 2.68. The average molecular weight is 251 g/mol. The molecule has 0 fully saturated rings. The molecular formula is C16H17N3. The highest BCUT2D eigenvalue weighted by Gasteiger charge is 2.11. The summed E-state index contributed by atoms with van der Waals surface area (Å²) >= 11 is 0. The third-order valence-electron chi connectivity index (χ3n) is 3.66. The molecule has 3 aromatic rings. The van der Waals surface area contributed by atoms with Crippen LogP contribution in [0.4, 0.5) is 5.69 Å². The van der Waals surface area contributed by atoms with Crippen molar-refractivity contribution in [2.45, 2.75) is 20.8 Å². The van der Waals surface area contributed by atoms with Crippen molar-refractivity contribution >= 4 is 16.7 Å². The van der Waals surface area contributed by atoms with E-state index in [9.17, 15) is 0 Å². The van der Waals surface area contributed by atoms with Crippen LogP contribution >= 0.6 is 0 Å². The number of aromatic nitrogens is 2. The summed E-state index contributed by atoms with van der Waals surface area (Å²) < 4.78 is 2.19. The molecule has 0 aliphatic rings. The topological polar surface area (TPSA) is 43.8 Å². The lowest BCUT2D eigenvalue weighted by atomic mass is 10.1. The summed E-state index contributed by atoms with van der Waals surface area (Å²) in [6.07, 6.45) is 0. The number of nitrogen functional groups attached to an aromatic ring is 1. The molecule has 0 aliphatic carbocycles. The fourth-order valence-electron chi connectivity index (χ4n) is 2.50. The van der Waals surface area contributed by atoms with Gasteiger partial charge in [0.1, 0.15) is 5.82 Å². The Balaban J connectivity index is 2.36. The Morgan fingerprint density at radius 1 is 1.05 bits per heavy atom. The number of anilines is 1. The second kappa shape index (κ2) is 4.12. The number of fused-ring (bicyclic) bond motifs is 1. The smallest absolute Gasteiger partial charge is 0.111 e. The van der Waals surface area contributed by atoms with E-state index in [1.54, 1.807) is 0 Å². The highest BCUT2D eigenvalue weighted by atomic mass is 15.1. The van der Waals surface area contributed by atoms with Gasteiger partial charge in [-0.1, -0.05) is 12.1 Å². The Bertz CT molecular complexity index is 769. The molecule has 1 aromatic heterocycles. The summed E-state index contributed by atoms with van der Waals surface area (Å²) in [5.74, 6) is 0.981. The minimum Gasteiger partial charge on any atom is -0.399 e. The standard InChI is InChI=1S/C16H17N3/c1-10-5-4-6-15(11(10)2)19-12(3)18-14-9-13(17)7-8-16(14)19/h4-9H,17H2,1-3H3. The largest absolute Gasteiger partial charge is 0.399 e. The number of nitrogens with two attached hydrogens (primary N) is 1. The molecular weight excluding hydrogens is 234 g/mol. The number of benzene rings is 2. The molecule has 19 heavy (non-hydrogen) atoms. The Morgan fingerprint density at radius 2 is 1.84 bits per heavy atom. The minimum atomic E-state index is 0.748. The van der Waals surface area contributed by atoms with Gasteiger partial charge in [-0.25, -0.2) is 4.98 Å². The first-order valence-electron chi connectivity index (χ1n) is 6.39. The molecule has 0 aliphatic heterocycles. The van der Waals surface area contributed by atoms with Gasteiger partial charge < -0.3 is 5.73 Å². The summed E-state index contributed by atoms with van der Waals surface area (Å²) in [7, 11) is 0. The van der Waals surface area contributed by atoms with Crippen molar-refractivity contribution < 1.29 is 0 Å². The van der Waals surface area contributed by atoms with Crippen molar-refractivity contribution in [2.24, 2.45) is 0 Å². The third kappa shape index (κ3) is 1.78. The van der Waals surface area contributed by atoms with Gasteiger partial charge in [-0.2, -0.15) is 0 Å². The first kappa shape index (κ1) is 11.8. The lowest BCUT2D eigenvalue weighted by molar-refractivity contribution is 0.986. The van der Waals surface area contributed by atoms with Crippen molar-refractivity contribution in [3.05, 3.63) is 53.3 Å². The highest BCUT2D eigenvalue weighted by molar-refractivity contribution is 5.81. The van der Waals surface area contributed by atoms with Gasteiger partial charge in [-0.3, -0.25) is 4.57 Å². The van der Waals surface area contributed by atoms with E-state index in [0.29, 0.717) is 0 Å². The van der Waals surface area contributed by atoms with Crippen LogP contribution in [-0.4, -0.2) is 9.55 Å². The van der Waals surface area contributed by atoms with Crippen LogP contribution in [-0.2, 0) is 0 Å². The Morgan fingerprint density at radius 3 is 2.63 bits per heavy atom. The SMILES string of the molecule is Cc1cccc(-n2c(C)nc3cc(N)ccc32)c1C. The Labute approximate surface area is 112 Å². The minimum absolute atomic E-state index is 0.748. The normalized spacial score (nSPS) is 11.1. The van der Waals surface area contributed by atoms with Gasteiger partial charge in [-0.15, -0.1) is 0 Å². The van der Waals surface area contributed by atoms with E-state index in [-0.39, 0.29) is 0 Å². The monoisotopic (exact) mass is 251 g/mol. The molecule has 0 saturated carbocycles. The van der Waals surface area contributed by atoms with Gasteiger partial charge in [0.15, 0.2) is 0 Å². The molecule has 2 aromatic carbocycles. The number of rotatable bonds is 1. The number of imidazole rings is 1. The van der Waals surface area contributed by atoms with E-state index >= 15 is 0 Å². The molecule has 96 valence electrons. The van der Waals surface area contributed by atoms with Gasteiger partial charge >= 0.3 is 0 Å². The maximum atomic E-state index is 5.83. The zero-order valence-electron chi connectivity index (χ0n) is 11.4. The van der Waals surface area contributed by atoms with Gasteiger partial charge in [0.2, 0.25) is 0 Å². The lowest BCUT2D eigenvalue weighted by Gasteiger charge is -2.12. The molecule has 2 N–H and O–H groups in total. The second-order valence-corrected chi connectivity index (χ2v) is 4.96. The molecule has 0 saturated heterocycles. The van der Waals surface area contributed by atoms with Crippen LogP contribution in [0.25, 0.3) is 16.7 Å². The zero-order chi connectivity index (χ0) is 13.6. The van der Waals surface area contributed by atoms with E-state index in [4.69, 9.17) is 5.73 Å². The van der Waals surface area contributed by atoms with Gasteiger partial charge in [0.25, 0.3) is 0 Å². The molecule has 3 heteroatoms. The fourth-order valence-corrected chi connectivity index (χ4v) is 2.50. The van der Waals surface area contributed by atoms with Gasteiger partial charge in [0, 0.05) is 5.69 Å². The number of aryl methyl sites for hydroxylation is 2. The van der Waals surface area contributed by atoms with Gasteiger partial charge in [-0.05, 0) is 56.2 Å². The molecule has 0 atom stereocenters. The molecule has 0 spiro atoms. The summed E-state index contributed by atoms with van der Waals surface area (Å²) in [5, 5.41) is 0. The van der Waals surface area contributed by atoms with Crippen LogP contribution in [0.15, 0.2) is 36.4 Å². The summed E-state index contributed by atoms with van der Waals surface area (Å²) in [6, 6.07) is 12.2. The van der Waals surface area contributed by atoms with Crippen molar-refractivity contribution in [2.75, 3.05) is 5.73 Å². The van der Waals surface area contributed by atoms with Gasteiger partial charge in [0.05, 0.1) is 16.7 Å². The van der Waals surface area contributed by atoms with Crippen LogP contribution in [0.3, 0.4) is 0 Å². The predicted molar refractivity (Wildman–Crippen MR) is 79.7 cm³/mol. The summed E-state index contributed by atoms with van der Waals surface area (Å²) in [5.41, 5.74) is 12.4. The van der Waals surface area contributed by atoms with Crippen LogP contribution in [0.5, 0.6) is 0 Å². The van der Waals surface area contributed by atoms with Crippen molar-refractivity contribution in [3.63, 3.8) is 0 Å². The molecule has 0 radical (unpaired) electrons. The van der Waals surface area contributed by atoms with Crippen LogP contribution in [0.2, 0.25) is 0 Å². The second-order valence-electron chi connectivity index (χ2n) is 4.96. The first-order chi connectivity index (χ1) is 9.08. The van der Waals surface area contributed by atoms with E-state index in [0.717, 1.165) is 22.5 Å². The Hall–Kier alpha value is -2.29. The fraction of sp³-hybridized carbons (Fsp3) is 0.188. The molecule has 3 rings (SSSR count). The Kier molecular flexibility index (Phi) is 2.56. The first-order valence-corrected chi connectivity index (χ1v) is 6.39. The van der Waals surface area contributed by atoms with E-state index in [1.165, 1.54) is 16.8 Å². The van der Waals surface area contributed by atoms with Crippen molar-refractivity contribution in [1.29, 1.82) is 0 Å². The van der Waals surface area contributed by atoms with Crippen molar-refractivity contribution in [3.8, 4) is 5.69 Å². The molecule has 1 heterocycles. The van der Waals surface area contributed by atoms with Crippen molar-refractivity contribution in [1.82, 2.24) is 9.55 Å². The molecule has 3 nitrogen and oxygen atoms in total. The van der Waals surface area contributed by atoms with E-state index < -0.39 is 0 Å². The third-order valence-corrected chi connectivity index (χ3v) is 3.66. The van der Waals surface area contributed by atoms with E-state index in [2.05, 4.69) is 41.6 Å². The zero-order valence-corrected chi connectivity index (χ0v) is 11.4. The van der Waals surface area contributed by atoms with E-state index in [1.807, 2.05) is 25.1 Å². The quantitative estimate of drug-likeness (QED) is 0.672. The molecule has 0 bridgehead atoms. The summed E-state index contributed by atoms with van der Waals surface area (Å²) in [4.78, 5) is 4.60.